The number of hydrogen-bond donors (Lipinski definition) is 2. The molecular formula is C15H19NO3. The van der Waals surface area contributed by atoms with Gasteiger partial charge in [-0.05, 0) is 42.9 Å². The Morgan fingerprint density at radius 2 is 2.05 bits per heavy atom. The summed E-state index contributed by atoms with van der Waals surface area (Å²) in [7, 11) is 0. The maximum Gasteiger partial charge on any atom is 0.311 e. The molecule has 102 valence electrons. The van der Waals surface area contributed by atoms with Crippen molar-refractivity contribution in [2.75, 3.05) is 13.1 Å². The van der Waals surface area contributed by atoms with E-state index in [0.29, 0.717) is 18.2 Å². The molecule has 2 fully saturated rings. The van der Waals surface area contributed by atoms with Crippen molar-refractivity contribution in [2.45, 2.75) is 26.8 Å². The van der Waals surface area contributed by atoms with E-state index in [1.54, 1.807) is 0 Å². The first-order valence-corrected chi connectivity index (χ1v) is 6.67. The number of hydrogen-bond acceptors (Lipinski definition) is 3. The van der Waals surface area contributed by atoms with E-state index in [1.807, 2.05) is 26.0 Å². The van der Waals surface area contributed by atoms with E-state index in [0.717, 1.165) is 36.2 Å². The van der Waals surface area contributed by atoms with E-state index < -0.39 is 11.4 Å². The number of phenols is 1. The molecule has 1 heterocycles. The second-order valence-electron chi connectivity index (χ2n) is 6.11. The number of piperidine rings is 1. The van der Waals surface area contributed by atoms with Crippen LogP contribution < -0.4 is 0 Å². The number of carboxylic acid groups (broad SMARTS) is 1. The van der Waals surface area contributed by atoms with E-state index in [1.165, 1.54) is 0 Å². The van der Waals surface area contributed by atoms with Crippen molar-refractivity contribution in [3.63, 3.8) is 0 Å². The number of aliphatic carboxylic acids is 1. The molecule has 19 heavy (non-hydrogen) atoms. The SMILES string of the molecule is Cc1cc(CN2C[C@@H]3C[C@]3(C(=O)O)C2)cc(C)c1O. The third kappa shape index (κ3) is 1.91. The van der Waals surface area contributed by atoms with Crippen molar-refractivity contribution in [1.82, 2.24) is 4.90 Å². The average molecular weight is 261 g/mol. The number of likely N-dealkylation sites (tertiary alicyclic amines) is 1. The van der Waals surface area contributed by atoms with Crippen LogP contribution in [0.3, 0.4) is 0 Å². The lowest BCUT2D eigenvalue weighted by Gasteiger charge is -2.20. The van der Waals surface area contributed by atoms with Gasteiger partial charge in [-0.1, -0.05) is 12.1 Å². The van der Waals surface area contributed by atoms with E-state index in [9.17, 15) is 15.0 Å². The summed E-state index contributed by atoms with van der Waals surface area (Å²) in [6.45, 7) is 6.10. The highest BCUT2D eigenvalue weighted by molar-refractivity contribution is 5.79. The summed E-state index contributed by atoms with van der Waals surface area (Å²) in [5.41, 5.74) is 2.45. The number of phenolic OH excluding ortho intramolecular Hbond substituents is 1. The first-order chi connectivity index (χ1) is 8.92. The molecule has 1 saturated carbocycles. The van der Waals surface area contributed by atoms with Crippen LogP contribution in [0.4, 0.5) is 0 Å². The second-order valence-corrected chi connectivity index (χ2v) is 6.11. The molecule has 2 atom stereocenters. The van der Waals surface area contributed by atoms with Crippen LogP contribution in [-0.2, 0) is 11.3 Å². The molecule has 0 spiro atoms. The van der Waals surface area contributed by atoms with Gasteiger partial charge in [-0.15, -0.1) is 0 Å². The number of carbonyl (C=O) groups is 1. The summed E-state index contributed by atoms with van der Waals surface area (Å²) in [6, 6.07) is 3.97. The van der Waals surface area contributed by atoms with Crippen LogP contribution in [0.25, 0.3) is 0 Å². The monoisotopic (exact) mass is 261 g/mol. The van der Waals surface area contributed by atoms with Crippen molar-refractivity contribution >= 4 is 5.97 Å². The first-order valence-electron chi connectivity index (χ1n) is 6.67. The molecular weight excluding hydrogens is 242 g/mol. The summed E-state index contributed by atoms with van der Waals surface area (Å²) in [6.07, 6.45) is 0.840. The standard InChI is InChI=1S/C15H19NO3/c1-9-3-11(4-10(2)13(9)17)6-16-7-12-5-15(12,8-16)14(18)19/h3-4,12,17H,5-8H2,1-2H3,(H,18,19)/t12-,15-/m0/s1. The van der Waals surface area contributed by atoms with Crippen LogP contribution >= 0.6 is 0 Å². The fraction of sp³-hybridized carbons (Fsp3) is 0.533. The van der Waals surface area contributed by atoms with Crippen molar-refractivity contribution in [3.05, 3.63) is 28.8 Å². The van der Waals surface area contributed by atoms with Gasteiger partial charge in [0.25, 0.3) is 0 Å². The smallest absolute Gasteiger partial charge is 0.311 e. The molecule has 1 aliphatic heterocycles. The van der Waals surface area contributed by atoms with Gasteiger partial charge in [0.1, 0.15) is 5.75 Å². The minimum absolute atomic E-state index is 0.337. The molecule has 0 radical (unpaired) electrons. The van der Waals surface area contributed by atoms with Crippen molar-refractivity contribution < 1.29 is 15.0 Å². The molecule has 1 aromatic rings. The summed E-state index contributed by atoms with van der Waals surface area (Å²) >= 11 is 0. The minimum Gasteiger partial charge on any atom is -0.507 e. The predicted octanol–water partition coefficient (Wildman–Crippen LogP) is 1.92. The normalized spacial score (nSPS) is 29.3. The molecule has 3 rings (SSSR count). The summed E-state index contributed by atoms with van der Waals surface area (Å²) in [5, 5.41) is 19.0. The molecule has 0 unspecified atom stereocenters. The van der Waals surface area contributed by atoms with Gasteiger partial charge in [0.05, 0.1) is 5.41 Å². The van der Waals surface area contributed by atoms with Crippen LogP contribution in [0.15, 0.2) is 12.1 Å². The highest BCUT2D eigenvalue weighted by atomic mass is 16.4. The largest absolute Gasteiger partial charge is 0.507 e. The van der Waals surface area contributed by atoms with E-state index in [2.05, 4.69) is 4.90 Å². The van der Waals surface area contributed by atoms with Gasteiger partial charge in [0.2, 0.25) is 0 Å². The summed E-state index contributed by atoms with van der Waals surface area (Å²) in [4.78, 5) is 13.5. The van der Waals surface area contributed by atoms with Gasteiger partial charge in [-0.2, -0.15) is 0 Å². The Kier molecular flexibility index (Phi) is 2.61. The molecule has 0 aromatic heterocycles. The van der Waals surface area contributed by atoms with Gasteiger partial charge in [-0.3, -0.25) is 9.69 Å². The Morgan fingerprint density at radius 3 is 2.58 bits per heavy atom. The summed E-state index contributed by atoms with van der Waals surface area (Å²) < 4.78 is 0. The Balaban J connectivity index is 1.73. The Morgan fingerprint density at radius 1 is 1.42 bits per heavy atom. The number of benzene rings is 1. The summed E-state index contributed by atoms with van der Waals surface area (Å²) in [5.74, 6) is 0.0531. The number of nitrogens with zero attached hydrogens (tertiary/aromatic N) is 1. The Labute approximate surface area is 112 Å². The average Bonchev–Trinajstić information content (AvgIpc) is 2.90. The molecule has 2 aliphatic rings. The van der Waals surface area contributed by atoms with Crippen LogP contribution in [0.2, 0.25) is 0 Å². The number of aryl methyl sites for hydroxylation is 2. The van der Waals surface area contributed by atoms with Gasteiger partial charge in [0.15, 0.2) is 0 Å². The second kappa shape index (κ2) is 3.97. The fourth-order valence-corrected chi connectivity index (χ4v) is 3.43. The highest BCUT2D eigenvalue weighted by Gasteiger charge is 2.65. The molecule has 0 amide bonds. The number of fused-ring (bicyclic) bond motifs is 1. The highest BCUT2D eigenvalue weighted by Crippen LogP contribution is 2.58. The fourth-order valence-electron chi connectivity index (χ4n) is 3.43. The number of carboxylic acids is 1. The van der Waals surface area contributed by atoms with Crippen LogP contribution in [0.5, 0.6) is 5.75 Å². The van der Waals surface area contributed by atoms with Gasteiger partial charge < -0.3 is 10.2 Å². The lowest BCUT2D eigenvalue weighted by molar-refractivity contribution is -0.143. The van der Waals surface area contributed by atoms with Crippen LogP contribution in [-0.4, -0.2) is 34.2 Å². The van der Waals surface area contributed by atoms with E-state index >= 15 is 0 Å². The maximum absolute atomic E-state index is 11.3. The zero-order valence-electron chi connectivity index (χ0n) is 11.3. The molecule has 4 nitrogen and oxygen atoms in total. The van der Waals surface area contributed by atoms with Crippen molar-refractivity contribution in [1.29, 1.82) is 0 Å². The number of aromatic hydroxyl groups is 1. The van der Waals surface area contributed by atoms with Crippen molar-refractivity contribution in [3.8, 4) is 5.75 Å². The van der Waals surface area contributed by atoms with Crippen molar-refractivity contribution in [2.24, 2.45) is 11.3 Å². The zero-order valence-corrected chi connectivity index (χ0v) is 11.3. The third-order valence-corrected chi connectivity index (χ3v) is 4.60. The Hall–Kier alpha value is -1.55. The van der Waals surface area contributed by atoms with E-state index in [-0.39, 0.29) is 0 Å². The molecule has 0 bridgehead atoms. The van der Waals surface area contributed by atoms with Gasteiger partial charge in [0, 0.05) is 19.6 Å². The number of rotatable bonds is 3. The lowest BCUT2D eigenvalue weighted by Crippen LogP contribution is -2.28. The molecule has 1 saturated heterocycles. The lowest BCUT2D eigenvalue weighted by atomic mass is 10.0. The first kappa shape index (κ1) is 12.5. The molecule has 4 heteroatoms. The predicted molar refractivity (Wildman–Crippen MR) is 71.0 cm³/mol. The quantitative estimate of drug-likeness (QED) is 0.872. The van der Waals surface area contributed by atoms with Crippen LogP contribution in [0.1, 0.15) is 23.1 Å². The zero-order chi connectivity index (χ0) is 13.8. The maximum atomic E-state index is 11.3. The third-order valence-electron chi connectivity index (χ3n) is 4.60. The topological polar surface area (TPSA) is 60.8 Å². The molecule has 1 aliphatic carbocycles. The van der Waals surface area contributed by atoms with Gasteiger partial charge in [-0.25, -0.2) is 0 Å². The molecule has 2 N–H and O–H groups in total. The minimum atomic E-state index is -0.641. The van der Waals surface area contributed by atoms with Crippen LogP contribution in [0, 0.1) is 25.2 Å². The Bertz CT molecular complexity index is 531. The molecule has 1 aromatic carbocycles. The van der Waals surface area contributed by atoms with E-state index in [4.69, 9.17) is 0 Å². The van der Waals surface area contributed by atoms with Gasteiger partial charge >= 0.3 is 5.97 Å².